The maximum atomic E-state index is 3.71. The number of nitrogens with zero attached hydrogens (tertiary/aromatic N) is 2. The van der Waals surface area contributed by atoms with Crippen molar-refractivity contribution < 1.29 is 0 Å². The predicted molar refractivity (Wildman–Crippen MR) is 70.9 cm³/mol. The normalized spacial score (nSPS) is 29.6. The molecule has 0 spiro atoms. The number of likely N-dealkylation sites (tertiary alicyclic amines) is 1. The van der Waals surface area contributed by atoms with Gasteiger partial charge in [0.15, 0.2) is 0 Å². The van der Waals surface area contributed by atoms with Gasteiger partial charge < -0.3 is 15.1 Å². The zero-order valence-electron chi connectivity index (χ0n) is 11.7. The van der Waals surface area contributed by atoms with Gasteiger partial charge in [-0.2, -0.15) is 0 Å². The predicted octanol–water partition coefficient (Wildman–Crippen LogP) is 1.40. The third-order valence-electron chi connectivity index (χ3n) is 4.00. The Kier molecular flexibility index (Phi) is 5.73. The van der Waals surface area contributed by atoms with Crippen molar-refractivity contribution >= 4 is 0 Å². The first-order valence-electron chi connectivity index (χ1n) is 6.68. The Morgan fingerprint density at radius 2 is 2.12 bits per heavy atom. The molecular weight excluding hydrogens is 198 g/mol. The molecule has 1 heterocycles. The van der Waals surface area contributed by atoms with Crippen LogP contribution in [0, 0.1) is 0 Å². The Bertz CT molecular complexity index is 194. The van der Waals surface area contributed by atoms with Gasteiger partial charge in [-0.05, 0) is 53.9 Å². The molecule has 3 heteroatoms. The van der Waals surface area contributed by atoms with Crippen LogP contribution in [0.2, 0.25) is 0 Å². The van der Waals surface area contributed by atoms with E-state index in [9.17, 15) is 0 Å². The summed E-state index contributed by atoms with van der Waals surface area (Å²) in [5, 5.41) is 3.71. The highest BCUT2D eigenvalue weighted by Gasteiger charge is 2.24. The van der Waals surface area contributed by atoms with Crippen molar-refractivity contribution in [3.63, 3.8) is 0 Å². The molecule has 1 N–H and O–H groups in total. The highest BCUT2D eigenvalue weighted by Crippen LogP contribution is 2.16. The summed E-state index contributed by atoms with van der Waals surface area (Å²) >= 11 is 0. The second kappa shape index (κ2) is 6.58. The third-order valence-corrected chi connectivity index (χ3v) is 4.00. The molecule has 1 rings (SSSR count). The second-order valence-corrected chi connectivity index (χ2v) is 5.42. The number of piperidine rings is 1. The van der Waals surface area contributed by atoms with E-state index in [1.165, 1.54) is 25.9 Å². The summed E-state index contributed by atoms with van der Waals surface area (Å²) in [4.78, 5) is 4.85. The van der Waals surface area contributed by atoms with Gasteiger partial charge in [0.25, 0.3) is 0 Å². The van der Waals surface area contributed by atoms with E-state index >= 15 is 0 Å². The van der Waals surface area contributed by atoms with Crippen molar-refractivity contribution in [1.82, 2.24) is 15.1 Å². The number of nitrogens with one attached hydrogen (secondary N) is 1. The van der Waals surface area contributed by atoms with Gasteiger partial charge in [-0.25, -0.2) is 0 Å². The van der Waals surface area contributed by atoms with Gasteiger partial charge in [-0.1, -0.05) is 6.92 Å². The van der Waals surface area contributed by atoms with E-state index in [4.69, 9.17) is 0 Å². The minimum absolute atomic E-state index is 0.625. The summed E-state index contributed by atoms with van der Waals surface area (Å²) in [5.41, 5.74) is 0. The molecule has 0 saturated carbocycles. The Labute approximate surface area is 101 Å². The Morgan fingerprint density at radius 3 is 2.62 bits per heavy atom. The van der Waals surface area contributed by atoms with Gasteiger partial charge in [0.1, 0.15) is 0 Å². The van der Waals surface area contributed by atoms with Crippen LogP contribution in [0.5, 0.6) is 0 Å². The minimum Gasteiger partial charge on any atom is -0.312 e. The third kappa shape index (κ3) is 4.04. The summed E-state index contributed by atoms with van der Waals surface area (Å²) in [6, 6.07) is 2.09. The molecule has 3 nitrogen and oxygen atoms in total. The number of rotatable bonds is 5. The molecule has 0 aromatic carbocycles. The van der Waals surface area contributed by atoms with Crippen molar-refractivity contribution in [2.45, 2.75) is 51.7 Å². The molecule has 0 bridgehead atoms. The zero-order chi connectivity index (χ0) is 12.1. The average molecular weight is 227 g/mol. The molecule has 3 atom stereocenters. The first-order chi connectivity index (χ1) is 7.54. The van der Waals surface area contributed by atoms with E-state index in [1.807, 2.05) is 0 Å². The molecule has 0 aromatic rings. The summed E-state index contributed by atoms with van der Waals surface area (Å²) in [7, 11) is 4.29. The molecule has 1 saturated heterocycles. The molecule has 1 aliphatic heterocycles. The number of hydrogen-bond acceptors (Lipinski definition) is 3. The lowest BCUT2D eigenvalue weighted by atomic mass is 9.98. The van der Waals surface area contributed by atoms with Crippen LogP contribution in [0.3, 0.4) is 0 Å². The van der Waals surface area contributed by atoms with Crippen molar-refractivity contribution in [2.75, 3.05) is 33.7 Å². The van der Waals surface area contributed by atoms with Crippen molar-refractivity contribution in [2.24, 2.45) is 0 Å². The number of likely N-dealkylation sites (N-methyl/N-ethyl adjacent to an activating group) is 1. The van der Waals surface area contributed by atoms with E-state index in [2.05, 4.69) is 50.0 Å². The lowest BCUT2D eigenvalue weighted by Crippen LogP contribution is -2.49. The largest absolute Gasteiger partial charge is 0.312 e. The average Bonchev–Trinajstić information content (AvgIpc) is 2.25. The molecule has 1 aliphatic rings. The Morgan fingerprint density at radius 1 is 1.44 bits per heavy atom. The molecule has 0 radical (unpaired) electrons. The first-order valence-corrected chi connectivity index (χ1v) is 6.68. The maximum absolute atomic E-state index is 3.71. The summed E-state index contributed by atoms with van der Waals surface area (Å²) < 4.78 is 0. The van der Waals surface area contributed by atoms with Crippen LogP contribution in [0.1, 0.15) is 33.6 Å². The SMILES string of the molecule is CCN1CCC(NCC(C)N(C)C)CC1C. The topological polar surface area (TPSA) is 18.5 Å². The summed E-state index contributed by atoms with van der Waals surface area (Å²) in [5.74, 6) is 0. The highest BCUT2D eigenvalue weighted by atomic mass is 15.2. The smallest absolute Gasteiger partial charge is 0.0186 e. The Balaban J connectivity index is 2.25. The van der Waals surface area contributed by atoms with Crippen LogP contribution in [-0.2, 0) is 0 Å². The van der Waals surface area contributed by atoms with Crippen LogP contribution in [0.25, 0.3) is 0 Å². The summed E-state index contributed by atoms with van der Waals surface area (Å²) in [6.07, 6.45) is 2.60. The van der Waals surface area contributed by atoms with Crippen molar-refractivity contribution in [3.05, 3.63) is 0 Å². The first kappa shape index (κ1) is 13.9. The van der Waals surface area contributed by atoms with Gasteiger partial charge in [0.2, 0.25) is 0 Å². The molecule has 1 fully saturated rings. The van der Waals surface area contributed by atoms with Gasteiger partial charge in [-0.15, -0.1) is 0 Å². The van der Waals surface area contributed by atoms with E-state index < -0.39 is 0 Å². The van der Waals surface area contributed by atoms with Crippen molar-refractivity contribution in [3.8, 4) is 0 Å². The fraction of sp³-hybridized carbons (Fsp3) is 1.00. The lowest BCUT2D eigenvalue weighted by molar-refractivity contribution is 0.139. The molecule has 3 unspecified atom stereocenters. The van der Waals surface area contributed by atoms with Crippen LogP contribution in [0.15, 0.2) is 0 Å². The van der Waals surface area contributed by atoms with E-state index in [0.717, 1.165) is 18.6 Å². The monoisotopic (exact) mass is 227 g/mol. The van der Waals surface area contributed by atoms with Crippen LogP contribution in [0.4, 0.5) is 0 Å². The highest BCUT2D eigenvalue weighted by molar-refractivity contribution is 4.83. The standard InChI is InChI=1S/C13H29N3/c1-6-16-8-7-13(9-11(16)2)14-10-12(3)15(4)5/h11-14H,6-10H2,1-5H3. The fourth-order valence-corrected chi connectivity index (χ4v) is 2.40. The maximum Gasteiger partial charge on any atom is 0.0186 e. The van der Waals surface area contributed by atoms with E-state index in [0.29, 0.717) is 6.04 Å². The van der Waals surface area contributed by atoms with E-state index in [-0.39, 0.29) is 0 Å². The van der Waals surface area contributed by atoms with Gasteiger partial charge >= 0.3 is 0 Å². The molecule has 0 amide bonds. The van der Waals surface area contributed by atoms with Gasteiger partial charge in [0.05, 0.1) is 0 Å². The molecule has 96 valence electrons. The van der Waals surface area contributed by atoms with Crippen LogP contribution >= 0.6 is 0 Å². The minimum atomic E-state index is 0.625. The molecule has 16 heavy (non-hydrogen) atoms. The van der Waals surface area contributed by atoms with Crippen LogP contribution < -0.4 is 5.32 Å². The number of hydrogen-bond donors (Lipinski definition) is 1. The second-order valence-electron chi connectivity index (χ2n) is 5.42. The van der Waals surface area contributed by atoms with Gasteiger partial charge in [-0.3, -0.25) is 0 Å². The summed E-state index contributed by atoms with van der Waals surface area (Å²) in [6.45, 7) is 10.5. The zero-order valence-corrected chi connectivity index (χ0v) is 11.7. The molecule has 0 aliphatic carbocycles. The Hall–Kier alpha value is -0.120. The fourth-order valence-electron chi connectivity index (χ4n) is 2.40. The molecule has 0 aromatic heterocycles. The lowest BCUT2D eigenvalue weighted by Gasteiger charge is -2.38. The molecular formula is C13H29N3. The van der Waals surface area contributed by atoms with Gasteiger partial charge in [0, 0.05) is 24.7 Å². The van der Waals surface area contributed by atoms with Crippen molar-refractivity contribution in [1.29, 1.82) is 0 Å². The van der Waals surface area contributed by atoms with E-state index in [1.54, 1.807) is 0 Å². The van der Waals surface area contributed by atoms with Crippen LogP contribution in [-0.4, -0.2) is 61.7 Å². The quantitative estimate of drug-likeness (QED) is 0.766.